The topological polar surface area (TPSA) is 32.9 Å². The first-order valence-corrected chi connectivity index (χ1v) is 3.63. The van der Waals surface area contributed by atoms with Gasteiger partial charge in [0.2, 0.25) is 5.56 Å². The van der Waals surface area contributed by atoms with E-state index in [9.17, 15) is 4.79 Å². The highest BCUT2D eigenvalue weighted by molar-refractivity contribution is 14.1. The van der Waals surface area contributed by atoms with E-state index in [1.807, 2.05) is 6.92 Å². The fourth-order valence-electron chi connectivity index (χ4n) is 0.560. The number of aromatic nitrogens is 1. The zero-order valence-corrected chi connectivity index (χ0v) is 7.10. The lowest BCUT2D eigenvalue weighted by Gasteiger charge is -1.92. The molecule has 0 amide bonds. The molecular formula is C6H6INO. The van der Waals surface area contributed by atoms with E-state index in [2.05, 4.69) is 27.6 Å². The van der Waals surface area contributed by atoms with Crippen LogP contribution in [-0.2, 0) is 0 Å². The molecule has 2 nitrogen and oxygen atoms in total. The van der Waals surface area contributed by atoms with Gasteiger partial charge in [0.05, 0.1) is 0 Å². The summed E-state index contributed by atoms with van der Waals surface area (Å²) in [6.07, 6.45) is 0. The number of nitrogens with one attached hydrogen (secondary N) is 1. The second-order valence-corrected chi connectivity index (χ2v) is 2.96. The molecule has 0 unspecified atom stereocenters. The van der Waals surface area contributed by atoms with Gasteiger partial charge in [-0.25, -0.2) is 0 Å². The molecule has 0 radical (unpaired) electrons. The molecule has 1 aromatic rings. The van der Waals surface area contributed by atoms with Crippen LogP contribution in [-0.4, -0.2) is 4.98 Å². The third-order valence-electron chi connectivity index (χ3n) is 1.05. The van der Waals surface area contributed by atoms with Crippen LogP contribution >= 0.6 is 22.6 Å². The Bertz CT molecular complexity index is 266. The summed E-state index contributed by atoms with van der Waals surface area (Å²) in [5.74, 6) is 0. The molecule has 1 aromatic heterocycles. The fraction of sp³-hybridized carbons (Fsp3) is 0.167. The van der Waals surface area contributed by atoms with Crippen molar-refractivity contribution in [1.82, 2.24) is 4.98 Å². The Kier molecular flexibility index (Phi) is 1.90. The summed E-state index contributed by atoms with van der Waals surface area (Å²) in [5, 5.41) is 0. The van der Waals surface area contributed by atoms with E-state index in [1.165, 1.54) is 6.07 Å². The summed E-state index contributed by atoms with van der Waals surface area (Å²) < 4.78 is 1.09. The van der Waals surface area contributed by atoms with Crippen LogP contribution in [0.4, 0.5) is 0 Å². The normalized spacial score (nSPS) is 9.56. The largest absolute Gasteiger partial charge is 0.325 e. The summed E-state index contributed by atoms with van der Waals surface area (Å²) in [7, 11) is 0. The molecule has 1 N–H and O–H groups in total. The average molecular weight is 235 g/mol. The minimum atomic E-state index is -0.0343. The van der Waals surface area contributed by atoms with Gasteiger partial charge in [0, 0.05) is 15.3 Å². The van der Waals surface area contributed by atoms with Crippen LogP contribution in [0.1, 0.15) is 5.69 Å². The third kappa shape index (κ3) is 1.54. The molecule has 0 fully saturated rings. The molecule has 0 aliphatic heterocycles. The summed E-state index contributed by atoms with van der Waals surface area (Å²) in [6, 6.07) is 3.32. The molecule has 1 rings (SSSR count). The van der Waals surface area contributed by atoms with Gasteiger partial charge in [-0.2, -0.15) is 0 Å². The van der Waals surface area contributed by atoms with E-state index >= 15 is 0 Å². The van der Waals surface area contributed by atoms with Gasteiger partial charge in [-0.05, 0) is 35.6 Å². The van der Waals surface area contributed by atoms with Crippen LogP contribution in [0.25, 0.3) is 0 Å². The number of aromatic amines is 1. The first kappa shape index (κ1) is 6.80. The number of hydrogen-bond donors (Lipinski definition) is 1. The number of rotatable bonds is 0. The van der Waals surface area contributed by atoms with E-state index in [1.54, 1.807) is 6.07 Å². The molecule has 0 aliphatic rings. The first-order valence-electron chi connectivity index (χ1n) is 2.55. The number of pyridine rings is 1. The van der Waals surface area contributed by atoms with Gasteiger partial charge in [0.15, 0.2) is 0 Å². The van der Waals surface area contributed by atoms with Gasteiger partial charge in [0.25, 0.3) is 0 Å². The second kappa shape index (κ2) is 2.51. The van der Waals surface area contributed by atoms with E-state index in [0.29, 0.717) is 0 Å². The van der Waals surface area contributed by atoms with Crippen LogP contribution in [0.2, 0.25) is 0 Å². The quantitative estimate of drug-likeness (QED) is 0.675. The molecule has 0 saturated heterocycles. The average Bonchev–Trinajstić information content (AvgIpc) is 1.80. The lowest BCUT2D eigenvalue weighted by atomic mass is 10.4. The zero-order valence-electron chi connectivity index (χ0n) is 4.94. The second-order valence-electron chi connectivity index (χ2n) is 1.80. The Morgan fingerprint density at radius 2 is 2.22 bits per heavy atom. The molecule has 3 heteroatoms. The smallest absolute Gasteiger partial charge is 0.248 e. The van der Waals surface area contributed by atoms with Crippen molar-refractivity contribution in [3.05, 3.63) is 31.8 Å². The maximum Gasteiger partial charge on any atom is 0.248 e. The molecule has 0 spiro atoms. The Morgan fingerprint density at radius 3 is 2.67 bits per heavy atom. The summed E-state index contributed by atoms with van der Waals surface area (Å²) in [6.45, 7) is 1.88. The molecule has 0 bridgehead atoms. The van der Waals surface area contributed by atoms with Crippen molar-refractivity contribution in [3.63, 3.8) is 0 Å². The number of aryl methyl sites for hydroxylation is 1. The van der Waals surface area contributed by atoms with Crippen molar-refractivity contribution in [2.24, 2.45) is 0 Å². The standard InChI is InChI=1S/C6H6INO/c1-4-5(7)2-3-6(9)8-4/h2-3H,1H3,(H,8,9). The van der Waals surface area contributed by atoms with Gasteiger partial charge in [-0.3, -0.25) is 4.79 Å². The lowest BCUT2D eigenvalue weighted by Crippen LogP contribution is -2.05. The minimum absolute atomic E-state index is 0.0343. The van der Waals surface area contributed by atoms with Crippen molar-refractivity contribution < 1.29 is 0 Å². The molecule has 9 heavy (non-hydrogen) atoms. The fourth-order valence-corrected chi connectivity index (χ4v) is 0.875. The number of H-pyrrole nitrogens is 1. The van der Waals surface area contributed by atoms with E-state index in [-0.39, 0.29) is 5.56 Å². The first-order chi connectivity index (χ1) is 4.20. The Balaban J connectivity index is 3.34. The monoisotopic (exact) mass is 235 g/mol. The maximum atomic E-state index is 10.6. The van der Waals surface area contributed by atoms with Crippen LogP contribution in [0.15, 0.2) is 16.9 Å². The highest BCUT2D eigenvalue weighted by Gasteiger charge is 1.90. The van der Waals surface area contributed by atoms with Crippen molar-refractivity contribution in [3.8, 4) is 0 Å². The Morgan fingerprint density at radius 1 is 1.56 bits per heavy atom. The van der Waals surface area contributed by atoms with Crippen LogP contribution in [0.3, 0.4) is 0 Å². The van der Waals surface area contributed by atoms with Gasteiger partial charge in [-0.15, -0.1) is 0 Å². The van der Waals surface area contributed by atoms with Gasteiger partial charge >= 0.3 is 0 Å². The predicted molar refractivity (Wildman–Crippen MR) is 44.5 cm³/mol. The van der Waals surface area contributed by atoms with E-state index in [4.69, 9.17) is 0 Å². The number of hydrogen-bond acceptors (Lipinski definition) is 1. The van der Waals surface area contributed by atoms with Crippen molar-refractivity contribution >= 4 is 22.6 Å². The summed E-state index contributed by atoms with van der Waals surface area (Å²) in [4.78, 5) is 13.3. The summed E-state index contributed by atoms with van der Waals surface area (Å²) >= 11 is 2.17. The lowest BCUT2D eigenvalue weighted by molar-refractivity contribution is 1.12. The number of halogens is 1. The van der Waals surface area contributed by atoms with E-state index in [0.717, 1.165) is 9.26 Å². The SMILES string of the molecule is Cc1[nH]c(=O)ccc1I. The van der Waals surface area contributed by atoms with Gasteiger partial charge < -0.3 is 4.98 Å². The molecule has 1 heterocycles. The van der Waals surface area contributed by atoms with Crippen molar-refractivity contribution in [1.29, 1.82) is 0 Å². The highest BCUT2D eigenvalue weighted by Crippen LogP contribution is 2.03. The molecule has 0 saturated carbocycles. The molecular weight excluding hydrogens is 229 g/mol. The van der Waals surface area contributed by atoms with Gasteiger partial charge in [-0.1, -0.05) is 0 Å². The molecule has 0 atom stereocenters. The van der Waals surface area contributed by atoms with Crippen molar-refractivity contribution in [2.75, 3.05) is 0 Å². The van der Waals surface area contributed by atoms with Crippen molar-refractivity contribution in [2.45, 2.75) is 6.92 Å². The maximum absolute atomic E-state index is 10.6. The van der Waals surface area contributed by atoms with Crippen LogP contribution in [0.5, 0.6) is 0 Å². The van der Waals surface area contributed by atoms with Crippen LogP contribution < -0.4 is 5.56 Å². The molecule has 0 aliphatic carbocycles. The summed E-state index contributed by atoms with van der Waals surface area (Å²) in [5.41, 5.74) is 0.899. The van der Waals surface area contributed by atoms with Crippen LogP contribution in [0, 0.1) is 10.5 Å². The van der Waals surface area contributed by atoms with Gasteiger partial charge in [0.1, 0.15) is 0 Å². The Labute approximate surface area is 66.4 Å². The Hall–Kier alpha value is -0.320. The predicted octanol–water partition coefficient (Wildman–Crippen LogP) is 1.29. The zero-order chi connectivity index (χ0) is 6.85. The van der Waals surface area contributed by atoms with E-state index < -0.39 is 0 Å². The third-order valence-corrected chi connectivity index (χ3v) is 2.22. The minimum Gasteiger partial charge on any atom is -0.325 e. The highest BCUT2D eigenvalue weighted by atomic mass is 127. The molecule has 0 aromatic carbocycles. The molecule has 48 valence electrons.